The van der Waals surface area contributed by atoms with E-state index in [1.165, 1.54) is 18.4 Å². The second-order valence-electron chi connectivity index (χ2n) is 4.71. The first-order chi connectivity index (χ1) is 11.8. The molecule has 1 amide bonds. The van der Waals surface area contributed by atoms with E-state index in [0.717, 1.165) is 5.56 Å². The van der Waals surface area contributed by atoms with E-state index < -0.39 is 0 Å². The summed E-state index contributed by atoms with van der Waals surface area (Å²) < 4.78 is 11.1. The van der Waals surface area contributed by atoms with E-state index in [9.17, 15) is 4.79 Å². The molecule has 0 aliphatic heterocycles. The number of methoxy groups -OCH3 is 1. The Morgan fingerprint density at radius 3 is 2.75 bits per heavy atom. The number of amides is 1. The van der Waals surface area contributed by atoms with Gasteiger partial charge in [-0.05, 0) is 35.9 Å². The van der Waals surface area contributed by atoms with Gasteiger partial charge in [-0.1, -0.05) is 11.3 Å². The fourth-order valence-electron chi connectivity index (χ4n) is 1.96. The molecule has 0 spiro atoms. The fraction of sp³-hybridized carbons (Fsp3) is 0.125. The van der Waals surface area contributed by atoms with Crippen molar-refractivity contribution in [2.75, 3.05) is 12.4 Å². The van der Waals surface area contributed by atoms with Gasteiger partial charge in [0.1, 0.15) is 12.1 Å². The predicted octanol–water partition coefficient (Wildman–Crippen LogP) is 2.77. The fourth-order valence-corrected chi connectivity index (χ4v) is 2.41. The Morgan fingerprint density at radius 2 is 2.04 bits per heavy atom. The van der Waals surface area contributed by atoms with Gasteiger partial charge in [0.05, 0.1) is 7.11 Å². The molecule has 0 saturated carbocycles. The molecule has 0 radical (unpaired) electrons. The van der Waals surface area contributed by atoms with Crippen molar-refractivity contribution >= 4 is 22.4 Å². The Balaban J connectivity index is 1.71. The van der Waals surface area contributed by atoms with Gasteiger partial charge in [0.2, 0.25) is 5.13 Å². The number of carbonyl (C=O) groups is 1. The molecule has 0 saturated heterocycles. The van der Waals surface area contributed by atoms with Crippen molar-refractivity contribution in [3.8, 4) is 11.5 Å². The molecule has 0 aliphatic rings. The van der Waals surface area contributed by atoms with E-state index in [1.54, 1.807) is 36.1 Å². The molecule has 122 valence electrons. The highest BCUT2D eigenvalue weighted by molar-refractivity contribution is 7.13. The van der Waals surface area contributed by atoms with Crippen molar-refractivity contribution in [3.63, 3.8) is 0 Å². The Hall–Kier alpha value is -3.00. The zero-order chi connectivity index (χ0) is 16.8. The molecule has 3 rings (SSSR count). The van der Waals surface area contributed by atoms with Gasteiger partial charge in [0.15, 0.2) is 11.5 Å². The van der Waals surface area contributed by atoms with Gasteiger partial charge in [0.25, 0.3) is 5.91 Å². The minimum absolute atomic E-state index is 0.286. The molecule has 3 aromatic rings. The number of aromatic nitrogens is 3. The van der Waals surface area contributed by atoms with Gasteiger partial charge in [-0.25, -0.2) is 0 Å². The van der Waals surface area contributed by atoms with Crippen LogP contribution in [0.1, 0.15) is 15.9 Å². The van der Waals surface area contributed by atoms with E-state index in [2.05, 4.69) is 20.5 Å². The summed E-state index contributed by atoms with van der Waals surface area (Å²) in [6.07, 6.45) is 3.41. The molecule has 0 unspecified atom stereocenters. The molecule has 0 fully saturated rings. The first-order valence-electron chi connectivity index (χ1n) is 7.03. The van der Waals surface area contributed by atoms with Gasteiger partial charge < -0.3 is 9.47 Å². The topological polar surface area (TPSA) is 86.2 Å². The molecule has 7 nitrogen and oxygen atoms in total. The number of pyridine rings is 1. The van der Waals surface area contributed by atoms with Crippen LogP contribution in [0.15, 0.2) is 48.2 Å². The van der Waals surface area contributed by atoms with E-state index in [1.807, 2.05) is 12.1 Å². The third-order valence-corrected chi connectivity index (χ3v) is 3.76. The summed E-state index contributed by atoms with van der Waals surface area (Å²) in [5.41, 5.74) is 2.98. The standard InChI is InChI=1S/C16H14N4O3S/c1-22-14-8-12(15(21)19-16-20-18-10-24-16)2-3-13(14)23-9-11-4-6-17-7-5-11/h2-8,10H,9H2,1H3,(H,19,20,21). The molecular formula is C16H14N4O3S. The number of hydrogen-bond acceptors (Lipinski definition) is 7. The summed E-state index contributed by atoms with van der Waals surface area (Å²) in [5, 5.41) is 10.6. The van der Waals surface area contributed by atoms with Crippen LogP contribution in [0.4, 0.5) is 5.13 Å². The minimum atomic E-state index is -0.286. The lowest BCUT2D eigenvalue weighted by Crippen LogP contribution is -2.12. The summed E-state index contributed by atoms with van der Waals surface area (Å²) in [5.74, 6) is 0.751. The van der Waals surface area contributed by atoms with Crippen LogP contribution >= 0.6 is 11.3 Å². The van der Waals surface area contributed by atoms with E-state index in [4.69, 9.17) is 9.47 Å². The third-order valence-electron chi connectivity index (χ3n) is 3.15. The predicted molar refractivity (Wildman–Crippen MR) is 89.4 cm³/mol. The van der Waals surface area contributed by atoms with Crippen LogP contribution in [0.2, 0.25) is 0 Å². The van der Waals surface area contributed by atoms with E-state index in [-0.39, 0.29) is 5.91 Å². The molecule has 0 bridgehead atoms. The summed E-state index contributed by atoms with van der Waals surface area (Å²) in [7, 11) is 1.53. The van der Waals surface area contributed by atoms with Crippen molar-refractivity contribution in [1.82, 2.24) is 15.2 Å². The van der Waals surface area contributed by atoms with Crippen LogP contribution in [0, 0.1) is 0 Å². The van der Waals surface area contributed by atoms with Crippen LogP contribution in [0.5, 0.6) is 11.5 Å². The lowest BCUT2D eigenvalue weighted by molar-refractivity contribution is 0.102. The SMILES string of the molecule is COc1cc(C(=O)Nc2nncs2)ccc1OCc1ccncc1. The summed E-state index contributed by atoms with van der Waals surface area (Å²) in [6, 6.07) is 8.74. The Bertz CT molecular complexity index is 809. The second kappa shape index (κ2) is 7.51. The van der Waals surface area contributed by atoms with Gasteiger partial charge >= 0.3 is 0 Å². The van der Waals surface area contributed by atoms with Gasteiger partial charge in [0, 0.05) is 18.0 Å². The molecule has 24 heavy (non-hydrogen) atoms. The van der Waals surface area contributed by atoms with Crippen molar-refractivity contribution < 1.29 is 14.3 Å². The maximum Gasteiger partial charge on any atom is 0.257 e. The number of nitrogens with zero attached hydrogens (tertiary/aromatic N) is 3. The number of benzene rings is 1. The van der Waals surface area contributed by atoms with Gasteiger partial charge in [-0.3, -0.25) is 15.1 Å². The van der Waals surface area contributed by atoms with Crippen molar-refractivity contribution in [2.24, 2.45) is 0 Å². The summed E-state index contributed by atoms with van der Waals surface area (Å²) in [6.45, 7) is 0.384. The minimum Gasteiger partial charge on any atom is -0.493 e. The molecule has 0 aliphatic carbocycles. The average Bonchev–Trinajstić information content (AvgIpc) is 3.13. The lowest BCUT2D eigenvalue weighted by Gasteiger charge is -2.12. The Morgan fingerprint density at radius 1 is 1.21 bits per heavy atom. The molecule has 1 aromatic carbocycles. The van der Waals surface area contributed by atoms with Crippen molar-refractivity contribution in [1.29, 1.82) is 0 Å². The zero-order valence-corrected chi connectivity index (χ0v) is 13.6. The van der Waals surface area contributed by atoms with Gasteiger partial charge in [-0.2, -0.15) is 0 Å². The highest BCUT2D eigenvalue weighted by atomic mass is 32.1. The number of ether oxygens (including phenoxy) is 2. The molecule has 2 heterocycles. The van der Waals surface area contributed by atoms with E-state index >= 15 is 0 Å². The number of nitrogens with one attached hydrogen (secondary N) is 1. The Kier molecular flexibility index (Phi) is 4.97. The Labute approximate surface area is 142 Å². The monoisotopic (exact) mass is 342 g/mol. The second-order valence-corrected chi connectivity index (χ2v) is 5.54. The number of anilines is 1. The van der Waals surface area contributed by atoms with Crippen LogP contribution in [0.3, 0.4) is 0 Å². The molecule has 0 atom stereocenters. The summed E-state index contributed by atoms with van der Waals surface area (Å²) >= 11 is 1.25. The van der Waals surface area contributed by atoms with Crippen molar-refractivity contribution in [3.05, 3.63) is 59.4 Å². The number of carbonyl (C=O) groups excluding carboxylic acids is 1. The van der Waals surface area contributed by atoms with Crippen LogP contribution in [-0.4, -0.2) is 28.2 Å². The third kappa shape index (κ3) is 3.85. The zero-order valence-electron chi connectivity index (χ0n) is 12.8. The highest BCUT2D eigenvalue weighted by Crippen LogP contribution is 2.29. The molecule has 1 N–H and O–H groups in total. The van der Waals surface area contributed by atoms with Crippen LogP contribution in [-0.2, 0) is 6.61 Å². The number of hydrogen-bond donors (Lipinski definition) is 1. The summed E-state index contributed by atoms with van der Waals surface area (Å²) in [4.78, 5) is 16.2. The van der Waals surface area contributed by atoms with Gasteiger partial charge in [-0.15, -0.1) is 10.2 Å². The normalized spacial score (nSPS) is 10.2. The maximum atomic E-state index is 12.2. The van der Waals surface area contributed by atoms with Crippen molar-refractivity contribution in [2.45, 2.75) is 6.61 Å². The maximum absolute atomic E-state index is 12.2. The molecule has 8 heteroatoms. The number of rotatable bonds is 6. The first-order valence-corrected chi connectivity index (χ1v) is 7.91. The average molecular weight is 342 g/mol. The highest BCUT2D eigenvalue weighted by Gasteiger charge is 2.12. The van der Waals surface area contributed by atoms with E-state index in [0.29, 0.717) is 28.8 Å². The first kappa shape index (κ1) is 15.9. The molecular weight excluding hydrogens is 328 g/mol. The quantitative estimate of drug-likeness (QED) is 0.741. The van der Waals surface area contributed by atoms with Crippen LogP contribution < -0.4 is 14.8 Å². The smallest absolute Gasteiger partial charge is 0.257 e. The molecule has 2 aromatic heterocycles. The largest absolute Gasteiger partial charge is 0.493 e. The lowest BCUT2D eigenvalue weighted by atomic mass is 10.2. The van der Waals surface area contributed by atoms with Crippen LogP contribution in [0.25, 0.3) is 0 Å².